The van der Waals surface area contributed by atoms with Crippen LogP contribution in [0.4, 0.5) is 13.2 Å². The van der Waals surface area contributed by atoms with Crippen LogP contribution in [0.1, 0.15) is 31.4 Å². The third-order valence-electron chi connectivity index (χ3n) is 2.79. The van der Waals surface area contributed by atoms with Crippen LogP contribution in [-0.4, -0.2) is 24.0 Å². The van der Waals surface area contributed by atoms with Crippen LogP contribution in [0.2, 0.25) is 0 Å². The molecule has 0 aliphatic heterocycles. The molecule has 0 bridgehead atoms. The number of thioether (sulfide) groups is 1. The summed E-state index contributed by atoms with van der Waals surface area (Å²) in [6.07, 6.45) is -3.87. The minimum atomic E-state index is -4.35. The van der Waals surface area contributed by atoms with Crippen molar-refractivity contribution in [3.63, 3.8) is 0 Å². The zero-order valence-corrected chi connectivity index (χ0v) is 13.2. The van der Waals surface area contributed by atoms with Crippen LogP contribution in [0.5, 0.6) is 0 Å². The highest BCUT2D eigenvalue weighted by Gasteiger charge is 2.33. The molecule has 0 atom stereocenters. The zero-order chi connectivity index (χ0) is 15.9. The van der Waals surface area contributed by atoms with Crippen molar-refractivity contribution in [1.82, 2.24) is 5.32 Å². The molecule has 2 N–H and O–H groups in total. The molecule has 0 amide bonds. The number of aliphatic hydroxyl groups excluding tert-OH is 1. The van der Waals surface area contributed by atoms with Crippen LogP contribution < -0.4 is 5.32 Å². The number of rotatable bonds is 8. The van der Waals surface area contributed by atoms with Crippen molar-refractivity contribution in [1.29, 1.82) is 0 Å². The number of aliphatic hydroxyl groups is 1. The van der Waals surface area contributed by atoms with Crippen molar-refractivity contribution in [3.8, 4) is 0 Å². The lowest BCUT2D eigenvalue weighted by Crippen LogP contribution is -2.19. The van der Waals surface area contributed by atoms with E-state index in [1.54, 1.807) is 6.07 Å². The number of hydrogen-bond acceptors (Lipinski definition) is 3. The fraction of sp³-hybridized carbons (Fsp3) is 0.600. The Morgan fingerprint density at radius 3 is 2.57 bits per heavy atom. The van der Waals surface area contributed by atoms with Crippen molar-refractivity contribution in [2.45, 2.75) is 37.9 Å². The minimum Gasteiger partial charge on any atom is -0.396 e. The van der Waals surface area contributed by atoms with E-state index in [9.17, 15) is 13.2 Å². The molecule has 2 nitrogen and oxygen atoms in total. The molecule has 0 unspecified atom stereocenters. The van der Waals surface area contributed by atoms with Crippen molar-refractivity contribution in [3.05, 3.63) is 29.3 Å². The molecule has 0 spiro atoms. The summed E-state index contributed by atoms with van der Waals surface area (Å²) in [5.74, 6) is 0.935. The smallest absolute Gasteiger partial charge is 0.396 e. The van der Waals surface area contributed by atoms with Gasteiger partial charge in [0.25, 0.3) is 0 Å². The number of alkyl halides is 3. The molecule has 0 radical (unpaired) electrons. The second kappa shape index (κ2) is 8.66. The summed E-state index contributed by atoms with van der Waals surface area (Å²) in [5, 5.41) is 11.9. The Kier molecular flexibility index (Phi) is 7.56. The van der Waals surface area contributed by atoms with Crippen LogP contribution in [-0.2, 0) is 12.7 Å². The lowest BCUT2D eigenvalue weighted by atomic mass is 10.1. The van der Waals surface area contributed by atoms with Crippen LogP contribution >= 0.6 is 11.8 Å². The largest absolute Gasteiger partial charge is 0.417 e. The third-order valence-corrected chi connectivity index (χ3v) is 3.95. The van der Waals surface area contributed by atoms with Crippen molar-refractivity contribution in [2.24, 2.45) is 5.92 Å². The highest BCUT2D eigenvalue weighted by atomic mass is 32.2. The van der Waals surface area contributed by atoms with Crippen LogP contribution in [0.3, 0.4) is 0 Å². The highest BCUT2D eigenvalue weighted by molar-refractivity contribution is 7.99. The fourth-order valence-corrected chi connectivity index (χ4v) is 2.77. The van der Waals surface area contributed by atoms with Crippen molar-refractivity contribution in [2.75, 3.05) is 18.9 Å². The Bertz CT molecular complexity index is 435. The Labute approximate surface area is 128 Å². The molecule has 0 saturated carbocycles. The van der Waals surface area contributed by atoms with Gasteiger partial charge in [-0.1, -0.05) is 19.9 Å². The van der Waals surface area contributed by atoms with Gasteiger partial charge in [0, 0.05) is 23.8 Å². The molecule has 120 valence electrons. The topological polar surface area (TPSA) is 32.3 Å². The van der Waals surface area contributed by atoms with Gasteiger partial charge in [0.15, 0.2) is 0 Å². The molecule has 0 heterocycles. The van der Waals surface area contributed by atoms with E-state index in [0.717, 1.165) is 18.3 Å². The maximum atomic E-state index is 13.1. The Morgan fingerprint density at radius 1 is 1.29 bits per heavy atom. The molecule has 1 aromatic carbocycles. The fourth-order valence-electron chi connectivity index (χ4n) is 1.79. The van der Waals surface area contributed by atoms with E-state index >= 15 is 0 Å². The predicted molar refractivity (Wildman–Crippen MR) is 80.4 cm³/mol. The SMILES string of the molecule is CC(C)CNCc1ccc(SCCCO)c(C(F)(F)F)c1. The summed E-state index contributed by atoms with van der Waals surface area (Å²) < 4.78 is 39.3. The molecule has 6 heteroatoms. The van der Waals surface area contributed by atoms with Gasteiger partial charge in [-0.3, -0.25) is 0 Å². The maximum Gasteiger partial charge on any atom is 0.417 e. The summed E-state index contributed by atoms with van der Waals surface area (Å²) in [4.78, 5) is 0.226. The third kappa shape index (κ3) is 6.72. The first-order valence-corrected chi connectivity index (χ1v) is 7.97. The molecular weight excluding hydrogens is 299 g/mol. The van der Waals surface area contributed by atoms with Crippen LogP contribution in [0.15, 0.2) is 23.1 Å². The van der Waals surface area contributed by atoms with Gasteiger partial charge in [-0.15, -0.1) is 11.8 Å². The summed E-state index contributed by atoms with van der Waals surface area (Å²) in [6, 6.07) is 4.47. The monoisotopic (exact) mass is 321 g/mol. The summed E-state index contributed by atoms with van der Waals surface area (Å²) in [6.45, 7) is 5.30. The molecular formula is C15H22F3NOS. The van der Waals surface area contributed by atoms with Gasteiger partial charge < -0.3 is 10.4 Å². The summed E-state index contributed by atoms with van der Waals surface area (Å²) in [7, 11) is 0. The summed E-state index contributed by atoms with van der Waals surface area (Å²) in [5.41, 5.74) is 0.0452. The molecule has 0 fully saturated rings. The second-order valence-electron chi connectivity index (χ2n) is 5.28. The Morgan fingerprint density at radius 2 is 2.00 bits per heavy atom. The van der Waals surface area contributed by atoms with E-state index in [1.165, 1.54) is 12.1 Å². The zero-order valence-electron chi connectivity index (χ0n) is 12.3. The van der Waals surface area contributed by atoms with Crippen molar-refractivity contribution >= 4 is 11.8 Å². The molecule has 1 rings (SSSR count). The molecule has 0 aliphatic rings. The van der Waals surface area contributed by atoms with E-state index in [1.807, 2.05) is 0 Å². The average Bonchev–Trinajstić information content (AvgIpc) is 2.38. The van der Waals surface area contributed by atoms with Crippen LogP contribution in [0, 0.1) is 5.92 Å². The first-order valence-electron chi connectivity index (χ1n) is 6.99. The lowest BCUT2D eigenvalue weighted by Gasteiger charge is -2.15. The van der Waals surface area contributed by atoms with E-state index in [4.69, 9.17) is 5.11 Å². The number of halogens is 3. The van der Waals surface area contributed by atoms with Gasteiger partial charge in [0.05, 0.1) is 5.56 Å². The first kappa shape index (κ1) is 18.3. The van der Waals surface area contributed by atoms with Crippen molar-refractivity contribution < 1.29 is 18.3 Å². The maximum absolute atomic E-state index is 13.1. The van der Waals surface area contributed by atoms with Gasteiger partial charge in [-0.05, 0) is 36.6 Å². The summed E-state index contributed by atoms with van der Waals surface area (Å²) >= 11 is 1.14. The number of nitrogens with one attached hydrogen (secondary N) is 1. The Balaban J connectivity index is 2.81. The Hall–Kier alpha value is -0.720. The van der Waals surface area contributed by atoms with E-state index in [0.29, 0.717) is 30.2 Å². The lowest BCUT2D eigenvalue weighted by molar-refractivity contribution is -0.139. The van der Waals surface area contributed by atoms with Gasteiger partial charge in [-0.25, -0.2) is 0 Å². The molecule has 0 saturated heterocycles. The minimum absolute atomic E-state index is 0.00838. The van der Waals surface area contributed by atoms with Gasteiger partial charge >= 0.3 is 6.18 Å². The average molecular weight is 321 g/mol. The van der Waals surface area contributed by atoms with Crippen LogP contribution in [0.25, 0.3) is 0 Å². The second-order valence-corrected chi connectivity index (χ2v) is 6.42. The van der Waals surface area contributed by atoms with Gasteiger partial charge in [-0.2, -0.15) is 13.2 Å². The number of hydrogen-bond donors (Lipinski definition) is 2. The predicted octanol–water partition coefficient (Wildman–Crippen LogP) is 3.93. The van der Waals surface area contributed by atoms with E-state index in [-0.39, 0.29) is 11.5 Å². The molecule has 0 aromatic heterocycles. The molecule has 21 heavy (non-hydrogen) atoms. The van der Waals surface area contributed by atoms with E-state index in [2.05, 4.69) is 19.2 Å². The highest BCUT2D eigenvalue weighted by Crippen LogP contribution is 2.37. The molecule has 1 aromatic rings. The molecule has 0 aliphatic carbocycles. The standard InChI is InChI=1S/C15H22F3NOS/c1-11(2)9-19-10-12-4-5-14(21-7-3-6-20)13(8-12)15(16,17)18/h4-5,8,11,19-20H,3,6-7,9-10H2,1-2H3. The van der Waals surface area contributed by atoms with E-state index < -0.39 is 11.7 Å². The number of benzene rings is 1. The normalized spacial score (nSPS) is 12.1. The van der Waals surface area contributed by atoms with Gasteiger partial charge in [0.2, 0.25) is 0 Å². The first-order chi connectivity index (χ1) is 9.84. The quantitative estimate of drug-likeness (QED) is 0.562. The van der Waals surface area contributed by atoms with Gasteiger partial charge in [0.1, 0.15) is 0 Å².